The summed E-state index contributed by atoms with van der Waals surface area (Å²) in [6, 6.07) is 14.1. The molecule has 0 fully saturated rings. The third-order valence-electron chi connectivity index (χ3n) is 4.67. The number of nitrogens with one attached hydrogen (secondary N) is 1. The van der Waals surface area contributed by atoms with Crippen molar-refractivity contribution >= 4 is 27.1 Å². The van der Waals surface area contributed by atoms with Gasteiger partial charge in [0.2, 0.25) is 0 Å². The maximum Gasteiger partial charge on any atom is 0.251 e. The average Bonchev–Trinajstić information content (AvgIpc) is 3.24. The maximum absolute atomic E-state index is 13.1. The summed E-state index contributed by atoms with van der Waals surface area (Å²) in [5, 5.41) is 3.60. The molecule has 152 valence electrons. The van der Waals surface area contributed by atoms with Crippen LogP contribution in [0.3, 0.4) is 0 Å². The minimum Gasteiger partial charge on any atom is -0.350 e. The van der Waals surface area contributed by atoms with E-state index in [-0.39, 0.29) is 22.1 Å². The highest BCUT2D eigenvalue weighted by Gasteiger charge is 2.30. The third kappa shape index (κ3) is 4.92. The third-order valence-corrected chi connectivity index (χ3v) is 8.20. The van der Waals surface area contributed by atoms with E-state index < -0.39 is 15.1 Å². The van der Waals surface area contributed by atoms with Crippen LogP contribution in [0, 0.1) is 0 Å². The van der Waals surface area contributed by atoms with Crippen LogP contribution in [-0.4, -0.2) is 25.9 Å². The quantitative estimate of drug-likeness (QED) is 0.632. The highest BCUT2D eigenvalue weighted by atomic mass is 32.2. The summed E-state index contributed by atoms with van der Waals surface area (Å²) >= 11 is 1.17. The monoisotopic (exact) mass is 428 g/mol. The number of aromatic nitrogens is 1. The van der Waals surface area contributed by atoms with E-state index in [1.807, 2.05) is 12.1 Å². The molecule has 29 heavy (non-hydrogen) atoms. The Morgan fingerprint density at radius 3 is 2.38 bits per heavy atom. The highest BCUT2D eigenvalue weighted by Crippen LogP contribution is 2.31. The number of hydrogen-bond acceptors (Lipinski definition) is 5. The summed E-state index contributed by atoms with van der Waals surface area (Å²) in [5.74, 6) is -0.305. The van der Waals surface area contributed by atoms with Crippen molar-refractivity contribution in [2.75, 3.05) is 6.54 Å². The number of hydrogen-bond donors (Lipinski definition) is 1. The summed E-state index contributed by atoms with van der Waals surface area (Å²) in [4.78, 5) is 16.7. The molecule has 5 nitrogen and oxygen atoms in total. The van der Waals surface area contributed by atoms with Gasteiger partial charge in [-0.25, -0.2) is 8.42 Å². The molecule has 1 unspecified atom stereocenters. The molecule has 1 N–H and O–H groups in total. The lowest BCUT2D eigenvalue weighted by molar-refractivity contribution is 0.0953. The van der Waals surface area contributed by atoms with Crippen LogP contribution >= 0.6 is 11.3 Å². The number of thiophene rings is 1. The Hall–Kier alpha value is -2.51. The number of pyridine rings is 1. The smallest absolute Gasteiger partial charge is 0.251 e. The summed E-state index contributed by atoms with van der Waals surface area (Å²) in [7, 11) is -3.65. The Morgan fingerprint density at radius 2 is 1.83 bits per heavy atom. The second-order valence-electron chi connectivity index (χ2n) is 7.79. The minimum atomic E-state index is -3.65. The zero-order valence-corrected chi connectivity index (χ0v) is 18.3. The van der Waals surface area contributed by atoms with Crippen molar-refractivity contribution in [3.05, 3.63) is 83.0 Å². The van der Waals surface area contributed by atoms with E-state index in [0.29, 0.717) is 11.1 Å². The largest absolute Gasteiger partial charge is 0.350 e. The minimum absolute atomic E-state index is 0.00477. The number of rotatable bonds is 6. The SMILES string of the molecule is CC(C)(C)c1ccc(C(=O)NCC(c2cccnc2)S(=O)(=O)c2cccs2)cc1. The number of carbonyl (C=O) groups is 1. The highest BCUT2D eigenvalue weighted by molar-refractivity contribution is 7.93. The Kier molecular flexibility index (Phi) is 6.19. The summed E-state index contributed by atoms with van der Waals surface area (Å²) < 4.78 is 26.5. The molecule has 0 spiro atoms. The molecule has 2 aromatic heterocycles. The Labute approximate surface area is 175 Å². The summed E-state index contributed by atoms with van der Waals surface area (Å²) in [5.41, 5.74) is 2.16. The zero-order valence-electron chi connectivity index (χ0n) is 16.6. The van der Waals surface area contributed by atoms with E-state index in [4.69, 9.17) is 0 Å². The molecule has 3 rings (SSSR count). The van der Waals surface area contributed by atoms with Gasteiger partial charge < -0.3 is 5.32 Å². The van der Waals surface area contributed by atoms with Gasteiger partial charge in [0.05, 0.1) is 0 Å². The van der Waals surface area contributed by atoms with Crippen molar-refractivity contribution in [1.29, 1.82) is 0 Å². The van der Waals surface area contributed by atoms with Gasteiger partial charge in [0, 0.05) is 24.5 Å². The van der Waals surface area contributed by atoms with Crippen molar-refractivity contribution in [2.24, 2.45) is 0 Å². The van der Waals surface area contributed by atoms with Gasteiger partial charge in [0.1, 0.15) is 9.46 Å². The molecule has 1 amide bonds. The summed E-state index contributed by atoms with van der Waals surface area (Å²) in [6.45, 7) is 6.29. The standard InChI is InChI=1S/C22H24N2O3S2/c1-22(2,3)18-10-8-16(9-11-18)21(25)24-15-19(17-6-4-12-23-14-17)29(26,27)20-7-5-13-28-20/h4-14,19H,15H2,1-3H3,(H,24,25). The van der Waals surface area contributed by atoms with E-state index in [1.54, 1.807) is 48.0 Å². The van der Waals surface area contributed by atoms with Gasteiger partial charge in [0.25, 0.3) is 5.91 Å². The number of amides is 1. The van der Waals surface area contributed by atoms with Gasteiger partial charge in [-0.2, -0.15) is 0 Å². The number of nitrogens with zero attached hydrogens (tertiary/aromatic N) is 1. The van der Waals surface area contributed by atoms with E-state index in [0.717, 1.165) is 5.56 Å². The van der Waals surface area contributed by atoms with Crippen LogP contribution in [0.2, 0.25) is 0 Å². The molecule has 7 heteroatoms. The first-order chi connectivity index (χ1) is 13.7. The van der Waals surface area contributed by atoms with Crippen molar-refractivity contribution in [2.45, 2.75) is 35.6 Å². The first-order valence-electron chi connectivity index (χ1n) is 9.25. The molecule has 2 heterocycles. The topological polar surface area (TPSA) is 76.1 Å². The fourth-order valence-corrected chi connectivity index (χ4v) is 5.80. The maximum atomic E-state index is 13.1. The van der Waals surface area contributed by atoms with Gasteiger partial charge in [-0.05, 0) is 46.2 Å². The first kappa shape index (κ1) is 21.2. The van der Waals surface area contributed by atoms with Gasteiger partial charge in [-0.15, -0.1) is 11.3 Å². The van der Waals surface area contributed by atoms with Crippen molar-refractivity contribution in [3.63, 3.8) is 0 Å². The fraction of sp³-hybridized carbons (Fsp3) is 0.273. The normalized spacial score (nSPS) is 13.1. The zero-order chi connectivity index (χ0) is 21.1. The Morgan fingerprint density at radius 1 is 1.10 bits per heavy atom. The van der Waals surface area contributed by atoms with Crippen LogP contribution in [-0.2, 0) is 15.3 Å². The molecule has 1 aromatic carbocycles. The molecule has 3 aromatic rings. The van der Waals surface area contributed by atoms with Crippen LogP contribution in [0.4, 0.5) is 0 Å². The second kappa shape index (κ2) is 8.47. The van der Waals surface area contributed by atoms with Crippen LogP contribution in [0.1, 0.15) is 47.5 Å². The molecule has 0 saturated heterocycles. The molecule has 0 saturated carbocycles. The predicted octanol–water partition coefficient (Wildman–Crippen LogP) is 4.39. The van der Waals surface area contributed by atoms with E-state index in [1.165, 1.54) is 17.5 Å². The number of sulfone groups is 1. The lowest BCUT2D eigenvalue weighted by atomic mass is 9.87. The van der Waals surface area contributed by atoms with Gasteiger partial charge in [-0.1, -0.05) is 45.0 Å². The molecular weight excluding hydrogens is 404 g/mol. The Balaban J connectivity index is 1.81. The molecule has 0 radical (unpaired) electrons. The molecule has 0 bridgehead atoms. The first-order valence-corrected chi connectivity index (χ1v) is 11.7. The van der Waals surface area contributed by atoms with E-state index in [2.05, 4.69) is 31.1 Å². The van der Waals surface area contributed by atoms with Crippen molar-refractivity contribution < 1.29 is 13.2 Å². The van der Waals surface area contributed by atoms with E-state index >= 15 is 0 Å². The molecule has 0 aliphatic rings. The number of benzene rings is 1. The summed E-state index contributed by atoms with van der Waals surface area (Å²) in [6.07, 6.45) is 3.12. The van der Waals surface area contributed by atoms with Gasteiger partial charge >= 0.3 is 0 Å². The lowest BCUT2D eigenvalue weighted by Crippen LogP contribution is -2.31. The molecule has 0 aliphatic carbocycles. The predicted molar refractivity (Wildman–Crippen MR) is 116 cm³/mol. The van der Waals surface area contributed by atoms with Crippen molar-refractivity contribution in [3.8, 4) is 0 Å². The Bertz CT molecular complexity index is 1050. The fourth-order valence-electron chi connectivity index (χ4n) is 2.95. The van der Waals surface area contributed by atoms with Crippen LogP contribution in [0.5, 0.6) is 0 Å². The van der Waals surface area contributed by atoms with Crippen LogP contribution in [0.15, 0.2) is 70.5 Å². The van der Waals surface area contributed by atoms with Gasteiger partial charge in [0.15, 0.2) is 9.84 Å². The molecule has 1 atom stereocenters. The molecular formula is C22H24N2O3S2. The van der Waals surface area contributed by atoms with Crippen LogP contribution < -0.4 is 5.32 Å². The van der Waals surface area contributed by atoms with Gasteiger partial charge in [-0.3, -0.25) is 9.78 Å². The van der Waals surface area contributed by atoms with Crippen LogP contribution in [0.25, 0.3) is 0 Å². The lowest BCUT2D eigenvalue weighted by Gasteiger charge is -2.20. The van der Waals surface area contributed by atoms with E-state index in [9.17, 15) is 13.2 Å². The second-order valence-corrected chi connectivity index (χ2v) is 11.1. The van der Waals surface area contributed by atoms with Crippen molar-refractivity contribution in [1.82, 2.24) is 10.3 Å². The molecule has 0 aliphatic heterocycles. The number of carbonyl (C=O) groups excluding carboxylic acids is 1. The average molecular weight is 429 g/mol.